The molecule has 0 aromatic heterocycles. The molecule has 0 aliphatic carbocycles. The number of carbonyl (C=O) groups excluding carboxylic acids is 1. The molecule has 1 amide bonds. The summed E-state index contributed by atoms with van der Waals surface area (Å²) in [5, 5.41) is 11.2. The smallest absolute Gasteiger partial charge is 0.339 e. The minimum Gasteiger partial charge on any atom is -0.379 e. The predicted octanol–water partition coefficient (Wildman–Crippen LogP) is 4.09. The van der Waals surface area contributed by atoms with E-state index in [1.54, 1.807) is 12.1 Å². The third kappa shape index (κ3) is 5.51. The van der Waals surface area contributed by atoms with Crippen LogP contribution >= 0.6 is 35.0 Å². The topological polar surface area (TPSA) is 97.2 Å². The number of carbonyl (C=O) groups is 1. The van der Waals surface area contributed by atoms with Gasteiger partial charge in [0.2, 0.25) is 5.91 Å². The molecule has 1 aliphatic rings. The first-order valence-corrected chi connectivity index (χ1v) is 11.4. The molecule has 1 fully saturated rings. The molecule has 1 atom stereocenters. The number of nitrogens with zero attached hydrogens (tertiary/aromatic N) is 2. The summed E-state index contributed by atoms with van der Waals surface area (Å²) in [5.41, 5.74) is 0.567. The van der Waals surface area contributed by atoms with Crippen LogP contribution in [0.4, 0.5) is 0 Å². The molecule has 1 unspecified atom stereocenters. The molecule has 29 heavy (non-hydrogen) atoms. The zero-order valence-corrected chi connectivity index (χ0v) is 18.1. The number of benzene rings is 2. The first-order chi connectivity index (χ1) is 13.8. The summed E-state index contributed by atoms with van der Waals surface area (Å²) in [5.74, 6) is 0.0108. The highest BCUT2D eigenvalue weighted by molar-refractivity contribution is 8.15. The van der Waals surface area contributed by atoms with Gasteiger partial charge >= 0.3 is 10.1 Å². The number of halogens is 2. The molecule has 1 saturated heterocycles. The van der Waals surface area contributed by atoms with Gasteiger partial charge < -0.3 is 9.50 Å². The van der Waals surface area contributed by atoms with E-state index in [1.165, 1.54) is 48.3 Å². The van der Waals surface area contributed by atoms with Crippen LogP contribution in [0.15, 0.2) is 57.6 Å². The minimum atomic E-state index is -4.08. The number of amides is 1. The van der Waals surface area contributed by atoms with Gasteiger partial charge in [-0.05, 0) is 42.3 Å². The summed E-state index contributed by atoms with van der Waals surface area (Å²) in [6.07, 6.45) is 2.13. The molecule has 7 nitrogen and oxygen atoms in total. The van der Waals surface area contributed by atoms with Gasteiger partial charge in [-0.1, -0.05) is 54.0 Å². The van der Waals surface area contributed by atoms with E-state index in [9.17, 15) is 13.2 Å². The number of hydrogen-bond donors (Lipinski definition) is 1. The summed E-state index contributed by atoms with van der Waals surface area (Å²) < 4.78 is 30.0. The van der Waals surface area contributed by atoms with Crippen LogP contribution < -0.4 is 9.50 Å². The maximum absolute atomic E-state index is 12.4. The number of rotatable bonds is 6. The van der Waals surface area contributed by atoms with Crippen LogP contribution in [0.1, 0.15) is 18.9 Å². The molecule has 3 rings (SSSR count). The molecule has 0 bridgehead atoms. The van der Waals surface area contributed by atoms with Crippen LogP contribution in [0.3, 0.4) is 0 Å². The molecule has 0 spiro atoms. The van der Waals surface area contributed by atoms with Crippen molar-refractivity contribution in [1.29, 1.82) is 0 Å². The summed E-state index contributed by atoms with van der Waals surface area (Å²) in [6.45, 7) is 1.92. The first kappa shape index (κ1) is 21.6. The molecule has 1 N–H and O–H groups in total. The highest BCUT2D eigenvalue weighted by atomic mass is 35.5. The summed E-state index contributed by atoms with van der Waals surface area (Å²) in [7, 11) is -4.08. The molecule has 0 saturated carbocycles. The van der Waals surface area contributed by atoms with Crippen molar-refractivity contribution in [2.75, 3.05) is 0 Å². The predicted molar refractivity (Wildman–Crippen MR) is 116 cm³/mol. The van der Waals surface area contributed by atoms with Crippen LogP contribution in [0.5, 0.6) is 5.75 Å². The first-order valence-electron chi connectivity index (χ1n) is 8.36. The average Bonchev–Trinajstić information content (AvgIpc) is 3.03. The second-order valence-electron chi connectivity index (χ2n) is 5.84. The van der Waals surface area contributed by atoms with Gasteiger partial charge in [-0.2, -0.15) is 13.5 Å². The van der Waals surface area contributed by atoms with E-state index in [0.29, 0.717) is 17.2 Å². The van der Waals surface area contributed by atoms with Crippen molar-refractivity contribution < 1.29 is 17.4 Å². The number of hydrogen-bond acceptors (Lipinski definition) is 7. The molecular weight excluding hydrogens is 457 g/mol. The molecular formula is C18H15Cl2N3O4S2. The van der Waals surface area contributed by atoms with E-state index < -0.39 is 10.1 Å². The molecule has 2 aromatic rings. The Balaban J connectivity index is 1.72. The van der Waals surface area contributed by atoms with Gasteiger partial charge in [-0.3, -0.25) is 4.79 Å². The van der Waals surface area contributed by atoms with Crippen molar-refractivity contribution >= 4 is 62.4 Å². The van der Waals surface area contributed by atoms with Crippen LogP contribution in [0.25, 0.3) is 0 Å². The molecule has 11 heteroatoms. The maximum atomic E-state index is 12.4. The monoisotopic (exact) mass is 471 g/mol. The average molecular weight is 472 g/mol. The van der Waals surface area contributed by atoms with E-state index in [2.05, 4.69) is 15.5 Å². The van der Waals surface area contributed by atoms with E-state index in [-0.39, 0.29) is 31.8 Å². The van der Waals surface area contributed by atoms with Crippen LogP contribution in [-0.2, 0) is 14.9 Å². The van der Waals surface area contributed by atoms with Gasteiger partial charge in [0.15, 0.2) is 5.17 Å². The van der Waals surface area contributed by atoms with E-state index >= 15 is 0 Å². The Morgan fingerprint density at radius 2 is 2.00 bits per heavy atom. The zero-order chi connectivity index (χ0) is 21.0. The van der Waals surface area contributed by atoms with Gasteiger partial charge in [0.05, 0.1) is 21.5 Å². The van der Waals surface area contributed by atoms with Gasteiger partial charge in [-0.15, -0.1) is 5.10 Å². The highest BCUT2D eigenvalue weighted by Crippen LogP contribution is 2.27. The summed E-state index contributed by atoms with van der Waals surface area (Å²) in [6, 6.07) is 10.2. The van der Waals surface area contributed by atoms with Gasteiger partial charge in [0, 0.05) is 0 Å². The number of amidine groups is 1. The fourth-order valence-electron chi connectivity index (χ4n) is 2.32. The summed E-state index contributed by atoms with van der Waals surface area (Å²) >= 11 is 13.0. The standard InChI is InChI=1S/C18H15Cl2N3O4S2/c1-2-16-17(24)22-18(28-16)23-21-10-11-4-3-5-12(8-11)27-29(25,26)13-6-7-14(19)15(20)9-13/h3-10,16H,2H2,1H3,(H,22,23,24). The Hall–Kier alpha value is -2.07. The summed E-state index contributed by atoms with van der Waals surface area (Å²) in [4.78, 5) is 11.5. The minimum absolute atomic E-state index is 0.0886. The molecule has 0 radical (unpaired) electrons. The van der Waals surface area contributed by atoms with E-state index in [0.717, 1.165) is 0 Å². The molecule has 152 valence electrons. The lowest BCUT2D eigenvalue weighted by Gasteiger charge is -2.08. The van der Waals surface area contributed by atoms with Crippen molar-refractivity contribution in [2.24, 2.45) is 10.2 Å². The van der Waals surface area contributed by atoms with Crippen molar-refractivity contribution in [3.63, 3.8) is 0 Å². The normalized spacial score (nSPS) is 18.4. The van der Waals surface area contributed by atoms with Crippen LogP contribution in [-0.4, -0.2) is 31.0 Å². The van der Waals surface area contributed by atoms with E-state index in [4.69, 9.17) is 27.4 Å². The second kappa shape index (κ2) is 9.17. The molecule has 2 aromatic carbocycles. The lowest BCUT2D eigenvalue weighted by atomic mass is 10.2. The number of nitrogens with one attached hydrogen (secondary N) is 1. The van der Waals surface area contributed by atoms with Crippen LogP contribution in [0.2, 0.25) is 10.0 Å². The van der Waals surface area contributed by atoms with Gasteiger partial charge in [0.25, 0.3) is 0 Å². The Kier molecular flexibility index (Phi) is 6.84. The largest absolute Gasteiger partial charge is 0.379 e. The van der Waals surface area contributed by atoms with E-state index in [1.807, 2.05) is 6.92 Å². The number of thioether (sulfide) groups is 1. The van der Waals surface area contributed by atoms with Crippen molar-refractivity contribution in [3.05, 3.63) is 58.1 Å². The fourth-order valence-corrected chi connectivity index (χ4v) is 4.49. The third-order valence-electron chi connectivity index (χ3n) is 3.75. The Bertz CT molecular complexity index is 1100. The Morgan fingerprint density at radius 3 is 2.69 bits per heavy atom. The quantitative estimate of drug-likeness (QED) is 0.388. The van der Waals surface area contributed by atoms with Gasteiger partial charge in [-0.25, -0.2) is 0 Å². The fraction of sp³-hybridized carbons (Fsp3) is 0.167. The lowest BCUT2D eigenvalue weighted by molar-refractivity contribution is -0.118. The Morgan fingerprint density at radius 1 is 1.21 bits per heavy atom. The maximum Gasteiger partial charge on any atom is 0.339 e. The van der Waals surface area contributed by atoms with Crippen LogP contribution in [0, 0.1) is 0 Å². The van der Waals surface area contributed by atoms with Crippen molar-refractivity contribution in [2.45, 2.75) is 23.5 Å². The third-order valence-corrected chi connectivity index (χ3v) is 6.97. The molecule has 1 aliphatic heterocycles. The van der Waals surface area contributed by atoms with Gasteiger partial charge in [0.1, 0.15) is 10.6 Å². The highest BCUT2D eigenvalue weighted by Gasteiger charge is 2.28. The second-order valence-corrected chi connectivity index (χ2v) is 9.39. The Labute approximate surface area is 182 Å². The SMILES string of the molecule is CCC1SC(=NN=Cc2cccc(OS(=O)(=O)c3ccc(Cl)c(Cl)c3)c2)NC1=O. The van der Waals surface area contributed by atoms with Crippen molar-refractivity contribution in [1.82, 2.24) is 5.32 Å². The molecule has 1 heterocycles. The lowest BCUT2D eigenvalue weighted by Crippen LogP contribution is -2.24. The van der Waals surface area contributed by atoms with Crippen molar-refractivity contribution in [3.8, 4) is 5.75 Å². The zero-order valence-electron chi connectivity index (χ0n) is 15.0.